The fraction of sp³-hybridized carbons (Fsp3) is 0.667. The van der Waals surface area contributed by atoms with Gasteiger partial charge in [-0.2, -0.15) is 0 Å². The lowest BCUT2D eigenvalue weighted by Crippen LogP contribution is -2.58. The molecule has 2 atom stereocenters. The van der Waals surface area contributed by atoms with Gasteiger partial charge in [-0.05, 0) is 53.2 Å². The van der Waals surface area contributed by atoms with Gasteiger partial charge in [0.15, 0.2) is 0 Å². The number of hydrogen-bond acceptors (Lipinski definition) is 4. The van der Waals surface area contributed by atoms with Gasteiger partial charge in [0.1, 0.15) is 5.60 Å². The first-order valence-corrected chi connectivity index (χ1v) is 8.31. The predicted octanol–water partition coefficient (Wildman–Crippen LogP) is 3.22. The third-order valence-corrected chi connectivity index (χ3v) is 4.22. The number of rotatable bonds is 2. The fourth-order valence-corrected chi connectivity index (χ4v) is 3.03. The monoisotopic (exact) mass is 319 g/mol. The van der Waals surface area contributed by atoms with E-state index in [0.717, 1.165) is 12.2 Å². The Hall–Kier alpha value is -1.62. The maximum Gasteiger partial charge on any atom is 0.410 e. The van der Waals surface area contributed by atoms with Crippen LogP contribution in [0.25, 0.3) is 0 Å². The van der Waals surface area contributed by atoms with Crippen molar-refractivity contribution in [1.29, 1.82) is 0 Å². The molecule has 0 aromatic carbocycles. The van der Waals surface area contributed by atoms with Gasteiger partial charge in [-0.15, -0.1) is 0 Å². The van der Waals surface area contributed by atoms with Crippen molar-refractivity contribution in [2.24, 2.45) is 0 Å². The van der Waals surface area contributed by atoms with Crippen molar-refractivity contribution < 1.29 is 9.53 Å². The van der Waals surface area contributed by atoms with Crippen LogP contribution < -0.4 is 0 Å². The van der Waals surface area contributed by atoms with Crippen molar-refractivity contribution >= 4 is 6.09 Å². The van der Waals surface area contributed by atoms with Crippen molar-refractivity contribution in [2.75, 3.05) is 13.1 Å². The van der Waals surface area contributed by atoms with E-state index < -0.39 is 5.60 Å². The van der Waals surface area contributed by atoms with E-state index in [1.807, 2.05) is 44.9 Å². The molecule has 0 aliphatic carbocycles. The van der Waals surface area contributed by atoms with Gasteiger partial charge in [0.05, 0.1) is 0 Å². The number of piperazine rings is 1. The van der Waals surface area contributed by atoms with Gasteiger partial charge in [-0.25, -0.2) is 4.79 Å². The first-order chi connectivity index (χ1) is 10.7. The smallest absolute Gasteiger partial charge is 0.410 e. The summed E-state index contributed by atoms with van der Waals surface area (Å²) in [6, 6.07) is 4.67. The summed E-state index contributed by atoms with van der Waals surface area (Å²) in [5.41, 5.74) is 1.87. The van der Waals surface area contributed by atoms with E-state index in [9.17, 15) is 4.79 Å². The highest BCUT2D eigenvalue weighted by molar-refractivity contribution is 5.68. The second-order valence-electron chi connectivity index (χ2n) is 7.50. The molecule has 23 heavy (non-hydrogen) atoms. The molecule has 0 spiro atoms. The average molecular weight is 319 g/mol. The zero-order valence-electron chi connectivity index (χ0n) is 15.2. The van der Waals surface area contributed by atoms with Gasteiger partial charge >= 0.3 is 6.09 Å². The first kappa shape index (κ1) is 17.7. The van der Waals surface area contributed by atoms with Gasteiger partial charge in [0.25, 0.3) is 0 Å². The predicted molar refractivity (Wildman–Crippen MR) is 91.2 cm³/mol. The van der Waals surface area contributed by atoms with Crippen molar-refractivity contribution in [2.45, 2.75) is 65.8 Å². The van der Waals surface area contributed by atoms with Gasteiger partial charge in [0, 0.05) is 43.6 Å². The van der Waals surface area contributed by atoms with Gasteiger partial charge in [-0.3, -0.25) is 9.88 Å². The number of hydrogen-bond donors (Lipinski definition) is 0. The van der Waals surface area contributed by atoms with E-state index in [0.29, 0.717) is 13.1 Å². The summed E-state index contributed by atoms with van der Waals surface area (Å²) in [4.78, 5) is 20.9. The number of aromatic nitrogens is 1. The highest BCUT2D eigenvalue weighted by atomic mass is 16.6. The van der Waals surface area contributed by atoms with Crippen LogP contribution in [0.3, 0.4) is 0 Å². The van der Waals surface area contributed by atoms with Crippen molar-refractivity contribution in [3.63, 3.8) is 0 Å². The highest BCUT2D eigenvalue weighted by Gasteiger charge is 2.34. The quantitative estimate of drug-likeness (QED) is 0.839. The summed E-state index contributed by atoms with van der Waals surface area (Å²) < 4.78 is 5.50. The third kappa shape index (κ3) is 4.67. The van der Waals surface area contributed by atoms with Gasteiger partial charge < -0.3 is 9.64 Å². The molecule has 5 heteroatoms. The Balaban J connectivity index is 2.02. The number of pyridine rings is 1. The first-order valence-electron chi connectivity index (χ1n) is 8.31. The molecule has 2 rings (SSSR count). The zero-order chi connectivity index (χ0) is 17.2. The van der Waals surface area contributed by atoms with Crippen LogP contribution in [0.1, 0.15) is 45.9 Å². The van der Waals surface area contributed by atoms with Crippen LogP contribution in [0.2, 0.25) is 0 Å². The minimum absolute atomic E-state index is 0.214. The topological polar surface area (TPSA) is 45.7 Å². The molecule has 1 amide bonds. The molecular formula is C18H29N3O2. The summed E-state index contributed by atoms with van der Waals surface area (Å²) >= 11 is 0. The normalized spacial score (nSPS) is 23.0. The molecule has 1 saturated heterocycles. The number of carbonyl (C=O) groups excluding carboxylic acids is 1. The van der Waals surface area contributed by atoms with Crippen LogP contribution in [0.15, 0.2) is 18.3 Å². The summed E-state index contributed by atoms with van der Waals surface area (Å²) in [5.74, 6) is 0. The summed E-state index contributed by atoms with van der Waals surface area (Å²) in [5, 5.41) is 0. The lowest BCUT2D eigenvalue weighted by atomic mass is 10.1. The van der Waals surface area contributed by atoms with E-state index in [1.165, 1.54) is 5.56 Å². The molecule has 128 valence electrons. The molecule has 0 saturated carbocycles. The second kappa shape index (κ2) is 6.87. The molecule has 1 aliphatic heterocycles. The van der Waals surface area contributed by atoms with E-state index in [4.69, 9.17) is 4.74 Å². The Bertz CT molecular complexity index is 541. The maximum absolute atomic E-state index is 12.3. The minimum Gasteiger partial charge on any atom is -0.444 e. The Kier molecular flexibility index (Phi) is 5.30. The molecule has 0 radical (unpaired) electrons. The zero-order valence-corrected chi connectivity index (χ0v) is 15.2. The van der Waals surface area contributed by atoms with Crippen LogP contribution in [0, 0.1) is 6.92 Å². The van der Waals surface area contributed by atoms with Crippen LogP contribution in [-0.2, 0) is 11.3 Å². The lowest BCUT2D eigenvalue weighted by Gasteiger charge is -2.44. The molecular weight excluding hydrogens is 290 g/mol. The number of amides is 1. The summed E-state index contributed by atoms with van der Waals surface area (Å²) in [7, 11) is 0. The Morgan fingerprint density at radius 1 is 1.30 bits per heavy atom. The summed E-state index contributed by atoms with van der Waals surface area (Å²) in [6.45, 7) is 14.3. The molecule has 1 aromatic heterocycles. The van der Waals surface area contributed by atoms with Crippen LogP contribution in [0.4, 0.5) is 4.79 Å². The largest absolute Gasteiger partial charge is 0.444 e. The second-order valence-corrected chi connectivity index (χ2v) is 7.50. The standard InChI is InChI=1S/C18H29N3O2/c1-13-10-20(17(22)23-18(4,5)6)11-14(2)21(13)12-16-8-7-9-19-15(16)3/h7-9,13-14H,10-12H2,1-6H3/t13-,14+. The minimum atomic E-state index is -0.451. The van der Waals surface area contributed by atoms with E-state index in [1.54, 1.807) is 0 Å². The van der Waals surface area contributed by atoms with Gasteiger partial charge in [0.2, 0.25) is 0 Å². The molecule has 1 aromatic rings. The number of nitrogens with zero attached hydrogens (tertiary/aromatic N) is 3. The molecule has 5 nitrogen and oxygen atoms in total. The van der Waals surface area contributed by atoms with Crippen molar-refractivity contribution in [1.82, 2.24) is 14.8 Å². The number of aryl methyl sites for hydroxylation is 1. The molecule has 0 bridgehead atoms. The third-order valence-electron chi connectivity index (χ3n) is 4.22. The molecule has 0 unspecified atom stereocenters. The average Bonchev–Trinajstić information content (AvgIpc) is 2.42. The highest BCUT2D eigenvalue weighted by Crippen LogP contribution is 2.21. The molecule has 2 heterocycles. The van der Waals surface area contributed by atoms with E-state index >= 15 is 0 Å². The Labute approximate surface area is 139 Å². The van der Waals surface area contributed by atoms with Crippen molar-refractivity contribution in [3.8, 4) is 0 Å². The maximum atomic E-state index is 12.3. The SMILES string of the molecule is Cc1ncccc1CN1[C@H](C)CN(C(=O)OC(C)(C)C)C[C@@H]1C. The molecule has 1 aliphatic rings. The van der Waals surface area contributed by atoms with E-state index in [2.05, 4.69) is 29.8 Å². The Morgan fingerprint density at radius 3 is 2.43 bits per heavy atom. The summed E-state index contributed by atoms with van der Waals surface area (Å²) in [6.07, 6.45) is 1.61. The molecule has 1 fully saturated rings. The van der Waals surface area contributed by atoms with Crippen LogP contribution >= 0.6 is 0 Å². The van der Waals surface area contributed by atoms with E-state index in [-0.39, 0.29) is 18.2 Å². The van der Waals surface area contributed by atoms with Crippen LogP contribution in [0.5, 0.6) is 0 Å². The van der Waals surface area contributed by atoms with Crippen LogP contribution in [-0.4, -0.2) is 51.7 Å². The fourth-order valence-electron chi connectivity index (χ4n) is 3.03. The lowest BCUT2D eigenvalue weighted by molar-refractivity contribution is -0.00974. The number of ether oxygens (including phenoxy) is 1. The Morgan fingerprint density at radius 2 is 1.91 bits per heavy atom. The number of carbonyl (C=O) groups is 1. The molecule has 0 N–H and O–H groups in total. The van der Waals surface area contributed by atoms with Crippen molar-refractivity contribution in [3.05, 3.63) is 29.6 Å². The van der Waals surface area contributed by atoms with Gasteiger partial charge in [-0.1, -0.05) is 6.07 Å².